The Kier molecular flexibility index (Phi) is 26.4. The SMILES string of the molecule is CNC.CNC.C[Si](C)(C)N[Si](C)(C)C.C[Si](C)(C)N[Si](C)(C)C.[Hf]. The zero-order chi connectivity index (χ0) is 20.8. The van der Waals surface area contributed by atoms with Gasteiger partial charge in [0.1, 0.15) is 32.9 Å². The van der Waals surface area contributed by atoms with Crippen LogP contribution in [0.25, 0.3) is 0 Å². The van der Waals surface area contributed by atoms with Crippen molar-refractivity contribution in [3.8, 4) is 0 Å². The Labute approximate surface area is 184 Å². The van der Waals surface area contributed by atoms with Crippen molar-refractivity contribution >= 4 is 32.9 Å². The second kappa shape index (κ2) is 17.7. The Morgan fingerprint density at radius 3 is 0.440 bits per heavy atom. The quantitative estimate of drug-likeness (QED) is 0.371. The number of nitrogens with one attached hydrogen (secondary N) is 4. The summed E-state index contributed by atoms with van der Waals surface area (Å²) >= 11 is 0. The normalized spacial score (nSPS) is 11.5. The minimum atomic E-state index is -0.981. The molecule has 0 atom stereocenters. The Bertz CT molecular complexity index is 215. The zero-order valence-electron chi connectivity index (χ0n) is 20.5. The van der Waals surface area contributed by atoms with Gasteiger partial charge >= 0.3 is 0 Å². The summed E-state index contributed by atoms with van der Waals surface area (Å²) in [7, 11) is 3.58. The molecule has 0 aliphatic carbocycles. The molecule has 0 aliphatic heterocycles. The molecule has 4 N–H and O–H groups in total. The third-order valence-corrected chi connectivity index (χ3v) is 13.5. The molecule has 0 fully saturated rings. The maximum absolute atomic E-state index is 3.74. The van der Waals surface area contributed by atoms with Gasteiger partial charge in [0.25, 0.3) is 0 Å². The third kappa shape index (κ3) is 77.1. The summed E-state index contributed by atoms with van der Waals surface area (Å²) in [6, 6.07) is 0. The summed E-state index contributed by atoms with van der Waals surface area (Å²) in [5, 5.41) is 5.50. The van der Waals surface area contributed by atoms with Crippen molar-refractivity contribution in [3.63, 3.8) is 0 Å². The summed E-state index contributed by atoms with van der Waals surface area (Å²) in [5.74, 6) is 0. The first-order valence-corrected chi connectivity index (χ1v) is 23.0. The summed E-state index contributed by atoms with van der Waals surface area (Å²) in [6.07, 6.45) is 0. The molecule has 0 spiro atoms. The molecule has 0 rings (SSSR count). The van der Waals surface area contributed by atoms with Gasteiger partial charge in [-0.2, -0.15) is 0 Å². The molecule has 25 heavy (non-hydrogen) atoms. The van der Waals surface area contributed by atoms with E-state index >= 15 is 0 Å². The van der Waals surface area contributed by atoms with E-state index in [1.165, 1.54) is 0 Å². The largest absolute Gasteiger partial charge is 0.360 e. The molecule has 0 heterocycles. The molecule has 0 aromatic carbocycles. The predicted molar refractivity (Wildman–Crippen MR) is 130 cm³/mol. The molecule has 9 heteroatoms. The van der Waals surface area contributed by atoms with E-state index < -0.39 is 32.9 Å². The van der Waals surface area contributed by atoms with Crippen LogP contribution in [0.5, 0.6) is 0 Å². The first-order chi connectivity index (χ1) is 10.2. The predicted octanol–water partition coefficient (Wildman–Crippen LogP) is 4.16. The molecule has 0 saturated heterocycles. The second-order valence-electron chi connectivity index (χ2n) is 10.2. The second-order valence-corrected chi connectivity index (χ2v) is 30.2. The van der Waals surface area contributed by atoms with Crippen LogP contribution in [0, 0.1) is 0 Å². The summed E-state index contributed by atoms with van der Waals surface area (Å²) < 4.78 is 7.47. The van der Waals surface area contributed by atoms with Crippen molar-refractivity contribution in [3.05, 3.63) is 0 Å². The van der Waals surface area contributed by atoms with Gasteiger partial charge < -0.3 is 19.9 Å². The molecule has 0 unspecified atom stereocenters. The molecule has 156 valence electrons. The molecular formula is C16H52HfN4Si4. The minimum Gasteiger partial charge on any atom is -0.360 e. The molecule has 0 aliphatic rings. The fourth-order valence-corrected chi connectivity index (χ4v) is 20.2. The van der Waals surface area contributed by atoms with Gasteiger partial charge in [-0.1, -0.05) is 78.6 Å². The molecule has 0 aromatic heterocycles. The van der Waals surface area contributed by atoms with E-state index in [9.17, 15) is 0 Å². The van der Waals surface area contributed by atoms with Crippen molar-refractivity contribution in [1.29, 1.82) is 0 Å². The smallest absolute Gasteiger partial charge is 0.109 e. The molecule has 0 saturated carbocycles. The van der Waals surface area contributed by atoms with Crippen LogP contribution in [-0.4, -0.2) is 61.1 Å². The van der Waals surface area contributed by atoms with E-state index in [2.05, 4.69) is 98.5 Å². The first-order valence-electron chi connectivity index (χ1n) is 9.00. The van der Waals surface area contributed by atoms with Crippen LogP contribution >= 0.6 is 0 Å². The van der Waals surface area contributed by atoms with Crippen molar-refractivity contribution in [2.75, 3.05) is 28.2 Å². The minimum absolute atomic E-state index is 0. The fraction of sp³-hybridized carbons (Fsp3) is 1.00. The maximum Gasteiger partial charge on any atom is 0.109 e. The van der Waals surface area contributed by atoms with Gasteiger partial charge in [0.05, 0.1) is 0 Å². The van der Waals surface area contributed by atoms with E-state index in [1.807, 2.05) is 28.2 Å². The van der Waals surface area contributed by atoms with Crippen LogP contribution in [0.3, 0.4) is 0 Å². The van der Waals surface area contributed by atoms with E-state index in [4.69, 9.17) is 0 Å². The number of hydrogen-bond acceptors (Lipinski definition) is 4. The summed E-state index contributed by atoms with van der Waals surface area (Å²) in [5.41, 5.74) is 0. The van der Waals surface area contributed by atoms with Crippen molar-refractivity contribution in [1.82, 2.24) is 19.9 Å². The van der Waals surface area contributed by atoms with Crippen LogP contribution in [-0.2, 0) is 25.8 Å². The van der Waals surface area contributed by atoms with Gasteiger partial charge in [-0.3, -0.25) is 0 Å². The molecule has 0 amide bonds. The molecule has 0 aromatic rings. The van der Waals surface area contributed by atoms with Gasteiger partial charge in [-0.05, 0) is 28.2 Å². The van der Waals surface area contributed by atoms with Gasteiger partial charge in [-0.15, -0.1) is 0 Å². The molecular weight excluding hydrogens is 539 g/mol. The Morgan fingerprint density at radius 2 is 0.440 bits per heavy atom. The van der Waals surface area contributed by atoms with Crippen molar-refractivity contribution in [2.45, 2.75) is 78.6 Å². The van der Waals surface area contributed by atoms with Gasteiger partial charge in [0.2, 0.25) is 0 Å². The van der Waals surface area contributed by atoms with Gasteiger partial charge in [-0.25, -0.2) is 0 Å². The Balaban J connectivity index is -0.0000000788. The Morgan fingerprint density at radius 1 is 0.360 bits per heavy atom. The fourth-order valence-electron chi connectivity index (χ4n) is 2.25. The van der Waals surface area contributed by atoms with E-state index in [0.29, 0.717) is 0 Å². The summed E-state index contributed by atoms with van der Waals surface area (Å²) in [4.78, 5) is 0. The van der Waals surface area contributed by atoms with E-state index in [1.54, 1.807) is 0 Å². The Hall–Kier alpha value is 1.58. The van der Waals surface area contributed by atoms with Crippen LogP contribution < -0.4 is 19.9 Å². The van der Waals surface area contributed by atoms with E-state index in [-0.39, 0.29) is 25.8 Å². The standard InChI is InChI=1S/2C6H19NSi2.2C2H7N.Hf/c2*1-8(2,3)7-9(4,5)6;2*1-3-2;/h2*7H,1-6H3;2*3H,1-2H3;. The molecule has 0 bridgehead atoms. The van der Waals surface area contributed by atoms with Crippen molar-refractivity contribution in [2.24, 2.45) is 0 Å². The number of hydrogen-bond donors (Lipinski definition) is 4. The van der Waals surface area contributed by atoms with E-state index in [0.717, 1.165) is 0 Å². The van der Waals surface area contributed by atoms with Crippen LogP contribution in [0.1, 0.15) is 0 Å². The summed E-state index contributed by atoms with van der Waals surface area (Å²) in [6.45, 7) is 28.2. The monoisotopic (exact) mass is 592 g/mol. The first kappa shape index (κ1) is 37.3. The van der Waals surface area contributed by atoms with Gasteiger partial charge in [0.15, 0.2) is 0 Å². The third-order valence-electron chi connectivity index (χ3n) is 1.50. The topological polar surface area (TPSA) is 48.1 Å². The van der Waals surface area contributed by atoms with Crippen LogP contribution in [0.2, 0.25) is 78.6 Å². The van der Waals surface area contributed by atoms with Crippen LogP contribution in [0.4, 0.5) is 0 Å². The molecule has 0 radical (unpaired) electrons. The van der Waals surface area contributed by atoms with Gasteiger partial charge in [0, 0.05) is 25.8 Å². The zero-order valence-corrected chi connectivity index (χ0v) is 28.1. The maximum atomic E-state index is 3.74. The number of rotatable bonds is 4. The van der Waals surface area contributed by atoms with Crippen molar-refractivity contribution < 1.29 is 25.8 Å². The van der Waals surface area contributed by atoms with Crippen LogP contribution in [0.15, 0.2) is 0 Å². The average Bonchev–Trinajstić information content (AvgIpc) is 2.06. The molecule has 4 nitrogen and oxygen atoms in total. The average molecular weight is 591 g/mol.